The average Bonchev–Trinajstić information content (AvgIpc) is 2.63. The van der Waals surface area contributed by atoms with Crippen molar-refractivity contribution in [1.29, 1.82) is 0 Å². The van der Waals surface area contributed by atoms with Crippen LogP contribution in [0.25, 0.3) is 22.3 Å². The second-order valence-electron chi connectivity index (χ2n) is 4.59. The highest BCUT2D eigenvalue weighted by atomic mass is 16.5. The van der Waals surface area contributed by atoms with Crippen molar-refractivity contribution in [2.75, 3.05) is 14.2 Å². The maximum absolute atomic E-state index is 5.33. The molecular weight excluding hydrogens is 290 g/mol. The first-order valence-corrected chi connectivity index (χ1v) is 7.53. The first-order chi connectivity index (χ1) is 11.2. The van der Waals surface area contributed by atoms with Crippen LogP contribution in [0.15, 0.2) is 36.7 Å². The lowest BCUT2D eigenvalue weighted by molar-refractivity contribution is 0.355. The first-order valence-electron chi connectivity index (χ1n) is 7.53. The van der Waals surface area contributed by atoms with Crippen molar-refractivity contribution in [1.82, 2.24) is 15.0 Å². The highest BCUT2D eigenvalue weighted by molar-refractivity contribution is 5.86. The minimum absolute atomic E-state index is 0.656. The Morgan fingerprint density at radius 3 is 2.09 bits per heavy atom. The lowest BCUT2D eigenvalue weighted by Gasteiger charge is -2.11. The smallest absolute Gasteiger partial charge is 0.162 e. The molecule has 0 N–H and O–H groups in total. The van der Waals surface area contributed by atoms with Crippen LogP contribution in [0.2, 0.25) is 0 Å². The van der Waals surface area contributed by atoms with Crippen molar-refractivity contribution in [3.63, 3.8) is 0 Å². The van der Waals surface area contributed by atoms with Gasteiger partial charge in [0, 0.05) is 35.1 Å². The third-order valence-corrected chi connectivity index (χ3v) is 3.33. The zero-order chi connectivity index (χ0) is 16.8. The van der Waals surface area contributed by atoms with Crippen LogP contribution in [0, 0.1) is 6.92 Å². The van der Waals surface area contributed by atoms with Gasteiger partial charge in [0.1, 0.15) is 0 Å². The molecule has 0 amide bonds. The van der Waals surface area contributed by atoms with Crippen molar-refractivity contribution in [2.45, 2.75) is 20.8 Å². The number of benzene rings is 1. The van der Waals surface area contributed by atoms with E-state index in [1.54, 1.807) is 26.6 Å². The molecule has 0 unspecified atom stereocenters. The summed E-state index contributed by atoms with van der Waals surface area (Å²) in [6.45, 7) is 5.96. The Morgan fingerprint density at radius 1 is 0.870 bits per heavy atom. The van der Waals surface area contributed by atoms with Crippen molar-refractivity contribution in [2.24, 2.45) is 0 Å². The molecule has 0 spiro atoms. The van der Waals surface area contributed by atoms with Crippen LogP contribution in [-0.2, 0) is 0 Å². The zero-order valence-corrected chi connectivity index (χ0v) is 14.1. The topological polar surface area (TPSA) is 57.1 Å². The fraction of sp³-hybridized carbons (Fsp3) is 0.278. The summed E-state index contributed by atoms with van der Waals surface area (Å²) in [5, 5.41) is 0.949. The Kier molecular flexibility index (Phi) is 5.46. The molecule has 2 aromatic heterocycles. The Hall–Kier alpha value is -2.69. The molecule has 2 heterocycles. The molecule has 120 valence electrons. The average molecular weight is 311 g/mol. The van der Waals surface area contributed by atoms with Crippen LogP contribution < -0.4 is 9.47 Å². The van der Waals surface area contributed by atoms with Gasteiger partial charge in [0.05, 0.1) is 19.7 Å². The monoisotopic (exact) mass is 311 g/mol. The van der Waals surface area contributed by atoms with E-state index in [1.807, 2.05) is 45.0 Å². The van der Waals surface area contributed by atoms with E-state index in [9.17, 15) is 0 Å². The molecule has 3 rings (SSSR count). The summed E-state index contributed by atoms with van der Waals surface area (Å²) in [5.74, 6) is 2.01. The molecule has 3 aromatic rings. The number of aryl methyl sites for hydroxylation is 1. The Balaban J connectivity index is 0.000000924. The summed E-state index contributed by atoms with van der Waals surface area (Å²) in [6.07, 6.45) is 3.46. The minimum Gasteiger partial charge on any atom is -0.493 e. The van der Waals surface area contributed by atoms with Crippen molar-refractivity contribution in [3.05, 3.63) is 42.4 Å². The molecule has 0 saturated carbocycles. The summed E-state index contributed by atoms with van der Waals surface area (Å²) in [6, 6.07) is 7.55. The quantitative estimate of drug-likeness (QED) is 0.730. The van der Waals surface area contributed by atoms with Gasteiger partial charge in [0.2, 0.25) is 0 Å². The third-order valence-electron chi connectivity index (χ3n) is 3.33. The number of rotatable bonds is 3. The van der Waals surface area contributed by atoms with Crippen LogP contribution in [0.1, 0.15) is 19.5 Å². The molecule has 0 aliphatic rings. The van der Waals surface area contributed by atoms with E-state index in [0.717, 1.165) is 22.2 Å². The van der Waals surface area contributed by atoms with E-state index >= 15 is 0 Å². The van der Waals surface area contributed by atoms with E-state index in [-0.39, 0.29) is 0 Å². The van der Waals surface area contributed by atoms with E-state index in [0.29, 0.717) is 17.3 Å². The van der Waals surface area contributed by atoms with Crippen LogP contribution >= 0.6 is 0 Å². The number of nitrogens with zero attached hydrogens (tertiary/aromatic N) is 3. The van der Waals surface area contributed by atoms with Gasteiger partial charge in [-0.15, -0.1) is 0 Å². The maximum atomic E-state index is 5.33. The molecule has 5 heteroatoms. The van der Waals surface area contributed by atoms with E-state index in [1.165, 1.54) is 0 Å². The lowest BCUT2D eigenvalue weighted by Crippen LogP contribution is -1.97. The van der Waals surface area contributed by atoms with Gasteiger partial charge in [0.25, 0.3) is 0 Å². The van der Waals surface area contributed by atoms with Gasteiger partial charge < -0.3 is 9.47 Å². The molecule has 0 bridgehead atoms. The number of ether oxygens (including phenoxy) is 2. The molecule has 5 nitrogen and oxygen atoms in total. The second kappa shape index (κ2) is 7.54. The van der Waals surface area contributed by atoms with Gasteiger partial charge in [0.15, 0.2) is 17.3 Å². The number of hydrogen-bond donors (Lipinski definition) is 0. The third kappa shape index (κ3) is 3.39. The molecule has 0 aliphatic heterocycles. The summed E-state index contributed by atoms with van der Waals surface area (Å²) in [7, 11) is 3.23. The van der Waals surface area contributed by atoms with Gasteiger partial charge >= 0.3 is 0 Å². The summed E-state index contributed by atoms with van der Waals surface area (Å²) < 4.78 is 10.7. The SMILES string of the molecule is CC.COc1cc2nc(-c3ccncc3)nc(C)c2cc1OC. The fourth-order valence-corrected chi connectivity index (χ4v) is 2.24. The predicted molar refractivity (Wildman–Crippen MR) is 92.0 cm³/mol. The molecular formula is C18H21N3O2. The Bertz CT molecular complexity index is 789. The Morgan fingerprint density at radius 2 is 1.48 bits per heavy atom. The highest BCUT2D eigenvalue weighted by Gasteiger charge is 2.11. The standard InChI is InChI=1S/C16H15N3O2.C2H6/c1-10-12-8-14(20-2)15(21-3)9-13(12)19-16(18-10)11-4-6-17-7-5-11;1-2/h4-9H,1-3H3;1-2H3. The summed E-state index contributed by atoms with van der Waals surface area (Å²) in [4.78, 5) is 13.2. The molecule has 0 aliphatic carbocycles. The van der Waals surface area contributed by atoms with Crippen molar-refractivity contribution >= 4 is 10.9 Å². The van der Waals surface area contributed by atoms with E-state index in [2.05, 4.69) is 15.0 Å². The molecule has 1 aromatic carbocycles. The second-order valence-corrected chi connectivity index (χ2v) is 4.59. The number of pyridine rings is 1. The predicted octanol–water partition coefficient (Wildman–Crippen LogP) is 4.04. The minimum atomic E-state index is 0.656. The van der Waals surface area contributed by atoms with Crippen LogP contribution in [0.5, 0.6) is 11.5 Å². The highest BCUT2D eigenvalue weighted by Crippen LogP contribution is 2.33. The number of hydrogen-bond acceptors (Lipinski definition) is 5. The molecule has 0 saturated heterocycles. The van der Waals surface area contributed by atoms with Crippen molar-refractivity contribution in [3.8, 4) is 22.9 Å². The largest absolute Gasteiger partial charge is 0.493 e. The number of aromatic nitrogens is 3. The molecule has 23 heavy (non-hydrogen) atoms. The van der Waals surface area contributed by atoms with Gasteiger partial charge in [-0.25, -0.2) is 9.97 Å². The number of methoxy groups -OCH3 is 2. The van der Waals surface area contributed by atoms with Crippen LogP contribution in [0.3, 0.4) is 0 Å². The molecule has 0 atom stereocenters. The fourth-order valence-electron chi connectivity index (χ4n) is 2.24. The van der Waals surface area contributed by atoms with Gasteiger partial charge in [-0.2, -0.15) is 0 Å². The van der Waals surface area contributed by atoms with E-state index < -0.39 is 0 Å². The summed E-state index contributed by atoms with van der Waals surface area (Å²) >= 11 is 0. The maximum Gasteiger partial charge on any atom is 0.162 e. The van der Waals surface area contributed by atoms with Crippen LogP contribution in [0.4, 0.5) is 0 Å². The van der Waals surface area contributed by atoms with Crippen LogP contribution in [-0.4, -0.2) is 29.2 Å². The molecule has 0 fully saturated rings. The normalized spacial score (nSPS) is 9.96. The van der Waals surface area contributed by atoms with Gasteiger partial charge in [-0.3, -0.25) is 4.98 Å². The van der Waals surface area contributed by atoms with E-state index in [4.69, 9.17) is 9.47 Å². The van der Waals surface area contributed by atoms with Crippen molar-refractivity contribution < 1.29 is 9.47 Å². The summed E-state index contributed by atoms with van der Waals surface area (Å²) in [5.41, 5.74) is 2.66. The first kappa shape index (κ1) is 16.7. The molecule has 0 radical (unpaired) electrons. The van der Waals surface area contributed by atoms with Gasteiger partial charge in [-0.1, -0.05) is 13.8 Å². The zero-order valence-electron chi connectivity index (χ0n) is 14.1. The van der Waals surface area contributed by atoms with Gasteiger partial charge in [-0.05, 0) is 25.1 Å². The Labute approximate surface area is 136 Å². The lowest BCUT2D eigenvalue weighted by atomic mass is 10.1. The number of fused-ring (bicyclic) bond motifs is 1.